The third kappa shape index (κ3) is 5.23. The maximum atomic E-state index is 12.0. The number of amides is 1. The van der Waals surface area contributed by atoms with E-state index in [4.69, 9.17) is 4.74 Å². The molecule has 0 aliphatic carbocycles. The standard InChI is InChI=1S/C17H25NO4S/c1-13(2)14-4-6-15(7-5-14)22-10-8-16(19)18-17(3)9-11-23(20,21)12-17/h4-7,13H,8-12H2,1-3H3,(H,18,19). The van der Waals surface area contributed by atoms with E-state index in [2.05, 4.69) is 19.2 Å². The molecule has 5 nitrogen and oxygen atoms in total. The Bertz CT molecular complexity index is 652. The summed E-state index contributed by atoms with van der Waals surface area (Å²) in [5, 5.41) is 2.82. The topological polar surface area (TPSA) is 72.5 Å². The van der Waals surface area contributed by atoms with Crippen LogP contribution < -0.4 is 10.1 Å². The highest BCUT2D eigenvalue weighted by Crippen LogP contribution is 2.23. The van der Waals surface area contributed by atoms with Gasteiger partial charge in [0.2, 0.25) is 5.91 Å². The number of ether oxygens (including phenoxy) is 1. The molecule has 0 saturated carbocycles. The predicted molar refractivity (Wildman–Crippen MR) is 90.5 cm³/mol. The van der Waals surface area contributed by atoms with Gasteiger partial charge in [0, 0.05) is 0 Å². The molecule has 1 aromatic rings. The SMILES string of the molecule is CC(C)c1ccc(OCCC(=O)NC2(C)CCS(=O)(=O)C2)cc1. The fraction of sp³-hybridized carbons (Fsp3) is 0.588. The maximum absolute atomic E-state index is 12.0. The van der Waals surface area contributed by atoms with Gasteiger partial charge in [0.15, 0.2) is 9.84 Å². The highest BCUT2D eigenvalue weighted by atomic mass is 32.2. The molecule has 1 saturated heterocycles. The molecule has 128 valence electrons. The van der Waals surface area contributed by atoms with E-state index in [1.807, 2.05) is 24.3 Å². The number of rotatable bonds is 6. The number of sulfone groups is 1. The molecule has 2 rings (SSSR count). The van der Waals surface area contributed by atoms with Crippen LogP contribution in [0.5, 0.6) is 5.75 Å². The van der Waals surface area contributed by atoms with Gasteiger partial charge in [0.25, 0.3) is 0 Å². The Kier molecular flexibility index (Phi) is 5.34. The minimum atomic E-state index is -3.02. The number of carbonyl (C=O) groups is 1. The number of benzene rings is 1. The second kappa shape index (κ2) is 6.91. The van der Waals surface area contributed by atoms with Crippen LogP contribution in [0.15, 0.2) is 24.3 Å². The van der Waals surface area contributed by atoms with E-state index >= 15 is 0 Å². The molecular weight excluding hydrogens is 314 g/mol. The molecule has 1 aliphatic rings. The molecule has 1 heterocycles. The summed E-state index contributed by atoms with van der Waals surface area (Å²) in [6.45, 7) is 6.31. The molecule has 1 atom stereocenters. The number of hydrogen-bond acceptors (Lipinski definition) is 4. The summed E-state index contributed by atoms with van der Waals surface area (Å²) in [6, 6.07) is 7.84. The Labute approximate surface area is 138 Å². The smallest absolute Gasteiger partial charge is 0.223 e. The molecule has 23 heavy (non-hydrogen) atoms. The van der Waals surface area contributed by atoms with E-state index in [-0.39, 0.29) is 30.4 Å². The van der Waals surface area contributed by atoms with Gasteiger partial charge >= 0.3 is 0 Å². The predicted octanol–water partition coefficient (Wildman–Crippen LogP) is 2.27. The highest BCUT2D eigenvalue weighted by Gasteiger charge is 2.39. The highest BCUT2D eigenvalue weighted by molar-refractivity contribution is 7.91. The van der Waals surface area contributed by atoms with Crippen LogP contribution in [0.25, 0.3) is 0 Å². The molecule has 1 unspecified atom stereocenters. The van der Waals surface area contributed by atoms with Gasteiger partial charge in [-0.3, -0.25) is 4.79 Å². The van der Waals surface area contributed by atoms with Gasteiger partial charge in [-0.2, -0.15) is 0 Å². The molecule has 6 heteroatoms. The first-order valence-electron chi connectivity index (χ1n) is 7.93. The lowest BCUT2D eigenvalue weighted by Crippen LogP contribution is -2.47. The van der Waals surface area contributed by atoms with E-state index in [1.165, 1.54) is 5.56 Å². The molecule has 0 spiro atoms. The molecule has 1 aliphatic heterocycles. The van der Waals surface area contributed by atoms with Crippen molar-refractivity contribution in [3.05, 3.63) is 29.8 Å². The van der Waals surface area contributed by atoms with Crippen molar-refractivity contribution in [3.8, 4) is 5.75 Å². The number of hydrogen-bond donors (Lipinski definition) is 1. The molecule has 1 N–H and O–H groups in total. The Hall–Kier alpha value is -1.56. The van der Waals surface area contributed by atoms with Crippen LogP contribution in [-0.2, 0) is 14.6 Å². The lowest BCUT2D eigenvalue weighted by Gasteiger charge is -2.23. The third-order valence-electron chi connectivity index (χ3n) is 4.09. The minimum Gasteiger partial charge on any atom is -0.493 e. The van der Waals surface area contributed by atoms with Crippen molar-refractivity contribution in [1.82, 2.24) is 5.32 Å². The summed E-state index contributed by atoms with van der Waals surface area (Å²) in [7, 11) is -3.02. The normalized spacial score (nSPS) is 23.0. The Morgan fingerprint density at radius 3 is 2.48 bits per heavy atom. The third-order valence-corrected chi connectivity index (χ3v) is 5.99. The van der Waals surface area contributed by atoms with Crippen LogP contribution in [0.3, 0.4) is 0 Å². The van der Waals surface area contributed by atoms with Gasteiger partial charge < -0.3 is 10.1 Å². The van der Waals surface area contributed by atoms with Crippen molar-refractivity contribution < 1.29 is 17.9 Å². The first-order chi connectivity index (χ1) is 10.7. The van der Waals surface area contributed by atoms with E-state index < -0.39 is 15.4 Å². The summed E-state index contributed by atoms with van der Waals surface area (Å²) in [5.74, 6) is 1.18. The fourth-order valence-corrected chi connectivity index (χ4v) is 4.81. The maximum Gasteiger partial charge on any atom is 0.223 e. The van der Waals surface area contributed by atoms with Crippen LogP contribution in [0.1, 0.15) is 45.1 Å². The van der Waals surface area contributed by atoms with Gasteiger partial charge in [-0.15, -0.1) is 0 Å². The summed E-state index contributed by atoms with van der Waals surface area (Å²) < 4.78 is 28.6. The van der Waals surface area contributed by atoms with Crippen LogP contribution in [0.2, 0.25) is 0 Å². The summed E-state index contributed by atoms with van der Waals surface area (Å²) in [4.78, 5) is 12.0. The van der Waals surface area contributed by atoms with E-state index in [0.29, 0.717) is 12.3 Å². The first kappa shape index (κ1) is 17.8. The fourth-order valence-electron chi connectivity index (χ4n) is 2.72. The van der Waals surface area contributed by atoms with Gasteiger partial charge in [-0.1, -0.05) is 26.0 Å². The second-order valence-electron chi connectivity index (χ2n) is 6.77. The zero-order valence-corrected chi connectivity index (χ0v) is 14.8. The molecule has 1 fully saturated rings. The number of carbonyl (C=O) groups excluding carboxylic acids is 1. The van der Waals surface area contributed by atoms with Gasteiger partial charge in [0.1, 0.15) is 5.75 Å². The van der Waals surface area contributed by atoms with Gasteiger partial charge in [-0.05, 0) is 37.0 Å². The average molecular weight is 339 g/mol. The van der Waals surface area contributed by atoms with E-state index in [0.717, 1.165) is 5.75 Å². The molecular formula is C17H25NO4S. The monoisotopic (exact) mass is 339 g/mol. The quantitative estimate of drug-likeness (QED) is 0.863. The van der Waals surface area contributed by atoms with Crippen molar-refractivity contribution in [1.29, 1.82) is 0 Å². The van der Waals surface area contributed by atoms with Crippen LogP contribution in [0.4, 0.5) is 0 Å². The van der Waals surface area contributed by atoms with Crippen molar-refractivity contribution in [2.75, 3.05) is 18.1 Å². The Morgan fingerprint density at radius 2 is 1.96 bits per heavy atom. The van der Waals surface area contributed by atoms with Crippen molar-refractivity contribution in [2.24, 2.45) is 0 Å². The summed E-state index contributed by atoms with van der Waals surface area (Å²) in [6.07, 6.45) is 0.681. The van der Waals surface area contributed by atoms with Crippen molar-refractivity contribution >= 4 is 15.7 Å². The zero-order valence-electron chi connectivity index (χ0n) is 14.0. The average Bonchev–Trinajstić information content (AvgIpc) is 2.72. The number of nitrogens with one attached hydrogen (secondary N) is 1. The molecule has 1 amide bonds. The zero-order chi connectivity index (χ0) is 17.1. The minimum absolute atomic E-state index is 0.0171. The molecule has 0 aromatic heterocycles. The molecule has 0 radical (unpaired) electrons. The van der Waals surface area contributed by atoms with Crippen molar-refractivity contribution in [2.45, 2.75) is 45.1 Å². The Balaban J connectivity index is 1.77. The van der Waals surface area contributed by atoms with E-state index in [1.54, 1.807) is 6.92 Å². The van der Waals surface area contributed by atoms with Crippen LogP contribution in [0, 0.1) is 0 Å². The lowest BCUT2D eigenvalue weighted by molar-refractivity contribution is -0.123. The Morgan fingerprint density at radius 1 is 1.30 bits per heavy atom. The van der Waals surface area contributed by atoms with Gasteiger partial charge in [0.05, 0.1) is 30.1 Å². The first-order valence-corrected chi connectivity index (χ1v) is 9.75. The summed E-state index contributed by atoms with van der Waals surface area (Å²) in [5.41, 5.74) is 0.597. The molecule has 0 bridgehead atoms. The summed E-state index contributed by atoms with van der Waals surface area (Å²) >= 11 is 0. The molecule has 1 aromatic carbocycles. The lowest BCUT2D eigenvalue weighted by atomic mass is 10.0. The second-order valence-corrected chi connectivity index (χ2v) is 8.96. The largest absolute Gasteiger partial charge is 0.493 e. The van der Waals surface area contributed by atoms with Crippen LogP contribution >= 0.6 is 0 Å². The van der Waals surface area contributed by atoms with E-state index in [9.17, 15) is 13.2 Å². The van der Waals surface area contributed by atoms with Gasteiger partial charge in [-0.25, -0.2) is 8.42 Å². The van der Waals surface area contributed by atoms with Crippen LogP contribution in [-0.4, -0.2) is 38.0 Å². The van der Waals surface area contributed by atoms with Crippen molar-refractivity contribution in [3.63, 3.8) is 0 Å².